The Morgan fingerprint density at radius 3 is 1.57 bits per heavy atom. The number of aliphatic hydroxyl groups is 3. The minimum Gasteiger partial charge on any atom is -0.463 e. The Hall–Kier alpha value is -2.22. The highest BCUT2D eigenvalue weighted by Crippen LogP contribution is 2.16. The maximum atomic E-state index is 12.0. The van der Waals surface area contributed by atoms with Crippen molar-refractivity contribution in [3.63, 3.8) is 0 Å². The topological polar surface area (TPSA) is 113 Å². The van der Waals surface area contributed by atoms with E-state index in [0.29, 0.717) is 25.7 Å². The Labute approximate surface area is 313 Å². The zero-order chi connectivity index (χ0) is 37.6. The molecule has 0 aliphatic rings. The van der Waals surface area contributed by atoms with Crippen molar-refractivity contribution in [1.82, 2.24) is 0 Å². The molecule has 7 nitrogen and oxygen atoms in total. The van der Waals surface area contributed by atoms with Gasteiger partial charge in [0.05, 0.1) is 12.2 Å². The molecule has 0 saturated carbocycles. The van der Waals surface area contributed by atoms with E-state index in [2.05, 4.69) is 26.8 Å². The molecule has 0 rings (SSSR count). The summed E-state index contributed by atoms with van der Waals surface area (Å²) in [5.41, 5.74) is 0. The highest BCUT2D eigenvalue weighted by atomic mass is 16.6. The molecule has 0 bridgehead atoms. The molecular formula is C44H78O7. The molecule has 0 spiro atoms. The van der Waals surface area contributed by atoms with Crippen LogP contribution in [0.15, 0.2) is 48.6 Å². The van der Waals surface area contributed by atoms with E-state index in [1.54, 1.807) is 36.5 Å². The van der Waals surface area contributed by atoms with Gasteiger partial charge >= 0.3 is 11.9 Å². The maximum Gasteiger partial charge on any atom is 0.305 e. The van der Waals surface area contributed by atoms with E-state index in [0.717, 1.165) is 31.6 Å². The third-order valence-electron chi connectivity index (χ3n) is 9.30. The Morgan fingerprint density at radius 2 is 1.04 bits per heavy atom. The quantitative estimate of drug-likeness (QED) is 0.0256. The molecule has 0 aromatic carbocycles. The molecule has 0 aliphatic carbocycles. The minimum absolute atomic E-state index is 0.125. The molecule has 0 aromatic heterocycles. The molecule has 296 valence electrons. The van der Waals surface area contributed by atoms with Gasteiger partial charge in [-0.2, -0.15) is 0 Å². The Balaban J connectivity index is 3.67. The van der Waals surface area contributed by atoms with Crippen molar-refractivity contribution in [3.8, 4) is 0 Å². The van der Waals surface area contributed by atoms with Crippen LogP contribution in [-0.2, 0) is 19.1 Å². The molecule has 7 heteroatoms. The van der Waals surface area contributed by atoms with Crippen LogP contribution >= 0.6 is 0 Å². The van der Waals surface area contributed by atoms with Gasteiger partial charge in [-0.25, -0.2) is 0 Å². The Bertz CT molecular complexity index is 909. The smallest absolute Gasteiger partial charge is 0.305 e. The largest absolute Gasteiger partial charge is 0.463 e. The van der Waals surface area contributed by atoms with Crippen LogP contribution in [-0.4, -0.2) is 58.8 Å². The first kappa shape index (κ1) is 48.8. The first-order valence-corrected chi connectivity index (χ1v) is 20.8. The molecule has 0 fully saturated rings. The van der Waals surface area contributed by atoms with Gasteiger partial charge in [-0.15, -0.1) is 0 Å². The number of hydrogen-bond donors (Lipinski definition) is 3. The number of carbonyl (C=O) groups is 2. The molecule has 0 aromatic rings. The Morgan fingerprint density at radius 1 is 0.549 bits per heavy atom. The molecule has 0 aliphatic heterocycles. The number of allylic oxidation sites excluding steroid dienone is 5. The average molecular weight is 719 g/mol. The lowest BCUT2D eigenvalue weighted by Gasteiger charge is -2.12. The fourth-order valence-electron chi connectivity index (χ4n) is 5.67. The summed E-state index contributed by atoms with van der Waals surface area (Å²) < 4.78 is 10.2. The van der Waals surface area contributed by atoms with E-state index in [4.69, 9.17) is 9.47 Å². The summed E-state index contributed by atoms with van der Waals surface area (Å²) in [7, 11) is 0. The van der Waals surface area contributed by atoms with E-state index in [9.17, 15) is 24.9 Å². The van der Waals surface area contributed by atoms with Gasteiger partial charge in [-0.1, -0.05) is 179 Å². The molecule has 51 heavy (non-hydrogen) atoms. The summed E-state index contributed by atoms with van der Waals surface area (Å²) in [6.07, 6.45) is 39.4. The van der Waals surface area contributed by atoms with Gasteiger partial charge in [0.15, 0.2) is 0 Å². The lowest BCUT2D eigenvalue weighted by atomic mass is 9.99. The molecule has 4 atom stereocenters. The summed E-state index contributed by atoms with van der Waals surface area (Å²) in [6, 6.07) is 0. The number of esters is 2. The number of carbonyl (C=O) groups excluding carboxylic acids is 2. The standard InChI is InChI=1S/C44H78O7/c1-4-6-7-8-20-25-31-40(45)32-26-22-23-27-33-41(46)34-29-36-44(49)51-38-42(47)37-50-43(48)35-28-21-18-16-14-12-10-9-11-13-15-17-19-24-30-39(3)5-2/h20,22-23,25-27,32-33,39-42,45-47H,4-19,21,24,28-31,34-38H2,1-3H3/b23-22+,25-20-,32-26+,33-27-/t39?,40-,41-,42-/m1/s1. The fraction of sp³-hybridized carbons (Fsp3) is 0.773. The molecule has 0 heterocycles. The number of hydrogen-bond acceptors (Lipinski definition) is 7. The van der Waals surface area contributed by atoms with Crippen LogP contribution in [0.2, 0.25) is 0 Å². The van der Waals surface area contributed by atoms with Crippen molar-refractivity contribution in [2.45, 2.75) is 200 Å². The third-order valence-corrected chi connectivity index (χ3v) is 9.30. The zero-order valence-corrected chi connectivity index (χ0v) is 33.0. The highest BCUT2D eigenvalue weighted by molar-refractivity contribution is 5.69. The van der Waals surface area contributed by atoms with Crippen molar-refractivity contribution < 1.29 is 34.4 Å². The molecule has 0 saturated heterocycles. The second-order valence-electron chi connectivity index (χ2n) is 14.4. The molecule has 0 radical (unpaired) electrons. The number of aliphatic hydroxyl groups excluding tert-OH is 3. The van der Waals surface area contributed by atoms with Gasteiger partial charge in [0.2, 0.25) is 0 Å². The second kappa shape index (κ2) is 37.5. The van der Waals surface area contributed by atoms with Crippen molar-refractivity contribution >= 4 is 11.9 Å². The number of ether oxygens (including phenoxy) is 2. The molecule has 1 unspecified atom stereocenters. The highest BCUT2D eigenvalue weighted by Gasteiger charge is 2.12. The molecular weight excluding hydrogens is 640 g/mol. The van der Waals surface area contributed by atoms with Gasteiger partial charge in [-0.05, 0) is 44.4 Å². The zero-order valence-electron chi connectivity index (χ0n) is 33.0. The predicted molar refractivity (Wildman–Crippen MR) is 212 cm³/mol. The normalized spacial score (nSPS) is 14.5. The summed E-state index contributed by atoms with van der Waals surface area (Å²) in [6.45, 7) is 6.41. The first-order valence-electron chi connectivity index (χ1n) is 20.8. The third kappa shape index (κ3) is 37.3. The SMILES string of the molecule is CCCCC/C=C\C[C@@H](O)/C=C/C=C/C=C\[C@@H](O)CCCC(=O)OC[C@H](O)COC(=O)CCCCCCCCCCCCCCCCC(C)CC. The fourth-order valence-corrected chi connectivity index (χ4v) is 5.67. The molecule has 0 amide bonds. The summed E-state index contributed by atoms with van der Waals surface area (Å²) >= 11 is 0. The molecule has 3 N–H and O–H groups in total. The van der Waals surface area contributed by atoms with Gasteiger partial charge in [-0.3, -0.25) is 9.59 Å². The van der Waals surface area contributed by atoms with E-state index in [-0.39, 0.29) is 25.6 Å². The van der Waals surface area contributed by atoms with Crippen molar-refractivity contribution in [2.24, 2.45) is 5.92 Å². The van der Waals surface area contributed by atoms with Crippen LogP contribution in [0.4, 0.5) is 0 Å². The number of rotatable bonds is 36. The second-order valence-corrected chi connectivity index (χ2v) is 14.4. The van der Waals surface area contributed by atoms with Gasteiger partial charge in [0.1, 0.15) is 19.3 Å². The van der Waals surface area contributed by atoms with Crippen LogP contribution in [0.1, 0.15) is 181 Å². The first-order chi connectivity index (χ1) is 24.8. The van der Waals surface area contributed by atoms with E-state index in [1.807, 2.05) is 6.08 Å². The van der Waals surface area contributed by atoms with Crippen molar-refractivity contribution in [2.75, 3.05) is 13.2 Å². The van der Waals surface area contributed by atoms with E-state index >= 15 is 0 Å². The predicted octanol–water partition coefficient (Wildman–Crippen LogP) is 10.8. The Kier molecular flexibility index (Phi) is 35.9. The summed E-state index contributed by atoms with van der Waals surface area (Å²) in [5, 5.41) is 30.1. The van der Waals surface area contributed by atoms with Gasteiger partial charge in [0, 0.05) is 12.8 Å². The minimum atomic E-state index is -1.06. The number of unbranched alkanes of at least 4 members (excludes halogenated alkanes) is 16. The van der Waals surface area contributed by atoms with Crippen LogP contribution in [0.3, 0.4) is 0 Å². The lowest BCUT2D eigenvalue weighted by molar-refractivity contribution is -0.152. The van der Waals surface area contributed by atoms with Crippen molar-refractivity contribution in [1.29, 1.82) is 0 Å². The van der Waals surface area contributed by atoms with Gasteiger partial charge < -0.3 is 24.8 Å². The van der Waals surface area contributed by atoms with Crippen LogP contribution in [0, 0.1) is 5.92 Å². The van der Waals surface area contributed by atoms with E-state index < -0.39 is 24.3 Å². The van der Waals surface area contributed by atoms with Crippen molar-refractivity contribution in [3.05, 3.63) is 48.6 Å². The summed E-state index contributed by atoms with van der Waals surface area (Å²) in [5.74, 6) is 0.0954. The summed E-state index contributed by atoms with van der Waals surface area (Å²) in [4.78, 5) is 24.0. The van der Waals surface area contributed by atoms with Crippen LogP contribution in [0.25, 0.3) is 0 Å². The monoisotopic (exact) mass is 719 g/mol. The van der Waals surface area contributed by atoms with Crippen LogP contribution in [0.5, 0.6) is 0 Å². The average Bonchev–Trinajstić information content (AvgIpc) is 3.12. The maximum absolute atomic E-state index is 12.0. The van der Waals surface area contributed by atoms with Gasteiger partial charge in [0.25, 0.3) is 0 Å². The van der Waals surface area contributed by atoms with Crippen LogP contribution < -0.4 is 0 Å². The lowest BCUT2D eigenvalue weighted by Crippen LogP contribution is -2.25. The van der Waals surface area contributed by atoms with E-state index in [1.165, 1.54) is 103 Å².